The molecule has 2 rings (SSSR count). The maximum Gasteiger partial charge on any atom is 0.313 e. The average molecular weight is 363 g/mol. The summed E-state index contributed by atoms with van der Waals surface area (Å²) in [6.07, 6.45) is 0. The van der Waals surface area contributed by atoms with Crippen molar-refractivity contribution in [1.29, 1.82) is 0 Å². The number of halogens is 1. The minimum absolute atomic E-state index is 0.201. The molecule has 0 radical (unpaired) electrons. The van der Waals surface area contributed by atoms with E-state index in [0.29, 0.717) is 16.5 Å². The zero-order valence-corrected chi connectivity index (χ0v) is 14.7. The van der Waals surface area contributed by atoms with E-state index in [1.165, 1.54) is 0 Å². The number of hydrogen-bond acceptors (Lipinski definition) is 4. The standard InChI is InChI=1S/C18H19ClN2O4/c1-12-3-4-13(19)11-16(12)21-18(23)17(22)20-9-10-25-15-7-5-14(24-2)6-8-15/h3-8,11H,9-10H2,1-2H3,(H,20,22)(H,21,23). The van der Waals surface area contributed by atoms with E-state index in [4.69, 9.17) is 21.1 Å². The first-order valence-corrected chi connectivity index (χ1v) is 7.99. The third-order valence-corrected chi connectivity index (χ3v) is 3.60. The van der Waals surface area contributed by atoms with E-state index in [-0.39, 0.29) is 13.2 Å². The molecule has 0 atom stereocenters. The molecule has 2 aromatic rings. The molecule has 0 fully saturated rings. The molecule has 2 amide bonds. The van der Waals surface area contributed by atoms with Crippen molar-refractivity contribution in [2.45, 2.75) is 6.92 Å². The first kappa shape index (κ1) is 18.6. The fourth-order valence-electron chi connectivity index (χ4n) is 1.99. The van der Waals surface area contributed by atoms with Gasteiger partial charge < -0.3 is 20.1 Å². The fourth-order valence-corrected chi connectivity index (χ4v) is 2.17. The Bertz CT molecular complexity index is 747. The number of carbonyl (C=O) groups is 2. The number of nitrogens with one attached hydrogen (secondary N) is 2. The van der Waals surface area contributed by atoms with Crippen LogP contribution >= 0.6 is 11.6 Å². The van der Waals surface area contributed by atoms with E-state index >= 15 is 0 Å². The van der Waals surface area contributed by atoms with Crippen LogP contribution in [0.3, 0.4) is 0 Å². The summed E-state index contributed by atoms with van der Waals surface area (Å²) in [5.74, 6) is -0.116. The van der Waals surface area contributed by atoms with Crippen molar-refractivity contribution in [3.8, 4) is 11.5 Å². The van der Waals surface area contributed by atoms with Gasteiger partial charge in [-0.1, -0.05) is 17.7 Å². The maximum absolute atomic E-state index is 11.9. The van der Waals surface area contributed by atoms with E-state index in [0.717, 1.165) is 11.3 Å². The van der Waals surface area contributed by atoms with Crippen LogP contribution in [0.25, 0.3) is 0 Å². The van der Waals surface area contributed by atoms with Crippen LogP contribution in [-0.4, -0.2) is 32.1 Å². The minimum Gasteiger partial charge on any atom is -0.497 e. The predicted octanol–water partition coefficient (Wildman–Crippen LogP) is 2.79. The molecule has 2 aromatic carbocycles. The van der Waals surface area contributed by atoms with Gasteiger partial charge in [0.2, 0.25) is 0 Å². The molecule has 7 heteroatoms. The molecule has 0 unspecified atom stereocenters. The van der Waals surface area contributed by atoms with E-state index in [2.05, 4.69) is 10.6 Å². The first-order valence-electron chi connectivity index (χ1n) is 7.62. The van der Waals surface area contributed by atoms with Crippen LogP contribution in [0.5, 0.6) is 11.5 Å². The summed E-state index contributed by atoms with van der Waals surface area (Å²) >= 11 is 5.88. The highest BCUT2D eigenvalue weighted by atomic mass is 35.5. The lowest BCUT2D eigenvalue weighted by molar-refractivity contribution is -0.136. The van der Waals surface area contributed by atoms with Gasteiger partial charge in [-0.2, -0.15) is 0 Å². The summed E-state index contributed by atoms with van der Waals surface area (Å²) in [6, 6.07) is 12.1. The molecule has 6 nitrogen and oxygen atoms in total. The maximum atomic E-state index is 11.9. The summed E-state index contributed by atoms with van der Waals surface area (Å²) in [4.78, 5) is 23.7. The Labute approximate surface area is 151 Å². The lowest BCUT2D eigenvalue weighted by Gasteiger charge is -2.10. The third-order valence-electron chi connectivity index (χ3n) is 3.37. The molecule has 0 bridgehead atoms. The first-order chi connectivity index (χ1) is 12.0. The van der Waals surface area contributed by atoms with Gasteiger partial charge in [-0.3, -0.25) is 9.59 Å². The number of aryl methyl sites for hydroxylation is 1. The lowest BCUT2D eigenvalue weighted by atomic mass is 10.2. The Morgan fingerprint density at radius 3 is 2.40 bits per heavy atom. The van der Waals surface area contributed by atoms with Crippen LogP contribution in [0.15, 0.2) is 42.5 Å². The Balaban J connectivity index is 1.75. The molecule has 0 heterocycles. The van der Waals surface area contributed by atoms with Crippen molar-refractivity contribution in [2.24, 2.45) is 0 Å². The third kappa shape index (κ3) is 5.69. The Kier molecular flexibility index (Phi) is 6.65. The second-order valence-electron chi connectivity index (χ2n) is 5.19. The van der Waals surface area contributed by atoms with Gasteiger partial charge in [0.25, 0.3) is 0 Å². The van der Waals surface area contributed by atoms with Crippen LogP contribution in [0.2, 0.25) is 5.02 Å². The number of hydrogen-bond donors (Lipinski definition) is 2. The van der Waals surface area contributed by atoms with Crippen LogP contribution in [0.4, 0.5) is 5.69 Å². The number of benzene rings is 2. The summed E-state index contributed by atoms with van der Waals surface area (Å²) in [5.41, 5.74) is 1.32. The van der Waals surface area contributed by atoms with Crippen LogP contribution in [-0.2, 0) is 9.59 Å². The smallest absolute Gasteiger partial charge is 0.313 e. The Morgan fingerprint density at radius 2 is 1.72 bits per heavy atom. The quantitative estimate of drug-likeness (QED) is 0.612. The minimum atomic E-state index is -0.755. The molecule has 0 aliphatic heterocycles. The number of methoxy groups -OCH3 is 1. The largest absolute Gasteiger partial charge is 0.497 e. The highest BCUT2D eigenvalue weighted by Gasteiger charge is 2.14. The highest BCUT2D eigenvalue weighted by molar-refractivity contribution is 6.40. The summed E-state index contributed by atoms with van der Waals surface area (Å²) in [6.45, 7) is 2.25. The lowest BCUT2D eigenvalue weighted by Crippen LogP contribution is -2.37. The topological polar surface area (TPSA) is 76.7 Å². The molecule has 25 heavy (non-hydrogen) atoms. The number of anilines is 1. The second-order valence-corrected chi connectivity index (χ2v) is 5.63. The van der Waals surface area contributed by atoms with E-state index in [9.17, 15) is 9.59 Å². The van der Waals surface area contributed by atoms with Gasteiger partial charge in [-0.05, 0) is 48.9 Å². The number of rotatable bonds is 6. The molecule has 0 spiro atoms. The van der Waals surface area contributed by atoms with Gasteiger partial charge in [-0.25, -0.2) is 0 Å². The highest BCUT2D eigenvalue weighted by Crippen LogP contribution is 2.20. The van der Waals surface area contributed by atoms with E-state index < -0.39 is 11.8 Å². The second kappa shape index (κ2) is 8.94. The van der Waals surface area contributed by atoms with Crippen LogP contribution < -0.4 is 20.1 Å². The summed E-state index contributed by atoms with van der Waals surface area (Å²) in [7, 11) is 1.58. The Hall–Kier alpha value is -2.73. The number of ether oxygens (including phenoxy) is 2. The summed E-state index contributed by atoms with van der Waals surface area (Å²) < 4.78 is 10.5. The van der Waals surface area contributed by atoms with Gasteiger partial charge >= 0.3 is 11.8 Å². The van der Waals surface area contributed by atoms with Gasteiger partial charge in [0.15, 0.2) is 0 Å². The van der Waals surface area contributed by atoms with Crippen molar-refractivity contribution in [3.63, 3.8) is 0 Å². The van der Waals surface area contributed by atoms with Gasteiger partial charge in [0.05, 0.1) is 13.7 Å². The van der Waals surface area contributed by atoms with Gasteiger partial charge in [0, 0.05) is 10.7 Å². The molecule has 0 aromatic heterocycles. The van der Waals surface area contributed by atoms with Crippen molar-refractivity contribution >= 4 is 29.1 Å². The van der Waals surface area contributed by atoms with Crippen molar-refractivity contribution in [2.75, 3.05) is 25.6 Å². The average Bonchev–Trinajstić information content (AvgIpc) is 2.62. The molecule has 0 aliphatic carbocycles. The molecular weight excluding hydrogens is 344 g/mol. The zero-order valence-electron chi connectivity index (χ0n) is 14.0. The fraction of sp³-hybridized carbons (Fsp3) is 0.222. The molecule has 0 saturated heterocycles. The van der Waals surface area contributed by atoms with Gasteiger partial charge in [-0.15, -0.1) is 0 Å². The molecule has 0 saturated carbocycles. The number of amides is 2. The monoisotopic (exact) mass is 362 g/mol. The van der Waals surface area contributed by atoms with E-state index in [1.54, 1.807) is 49.6 Å². The predicted molar refractivity (Wildman–Crippen MR) is 96.3 cm³/mol. The van der Waals surface area contributed by atoms with Gasteiger partial charge in [0.1, 0.15) is 18.1 Å². The SMILES string of the molecule is COc1ccc(OCCNC(=O)C(=O)Nc2cc(Cl)ccc2C)cc1. The molecule has 2 N–H and O–H groups in total. The van der Waals surface area contributed by atoms with Crippen molar-refractivity contribution in [3.05, 3.63) is 53.1 Å². The number of carbonyl (C=O) groups excluding carboxylic acids is 2. The zero-order chi connectivity index (χ0) is 18.2. The normalized spacial score (nSPS) is 10.0. The molecular formula is C18H19ClN2O4. The van der Waals surface area contributed by atoms with Crippen molar-refractivity contribution < 1.29 is 19.1 Å². The van der Waals surface area contributed by atoms with Crippen LogP contribution in [0, 0.1) is 6.92 Å². The summed E-state index contributed by atoms with van der Waals surface area (Å²) in [5, 5.41) is 5.51. The molecule has 0 aliphatic rings. The molecule has 132 valence electrons. The van der Waals surface area contributed by atoms with E-state index in [1.807, 2.05) is 6.92 Å². The Morgan fingerprint density at radius 1 is 1.04 bits per heavy atom. The van der Waals surface area contributed by atoms with Crippen molar-refractivity contribution in [1.82, 2.24) is 5.32 Å². The van der Waals surface area contributed by atoms with Crippen LogP contribution in [0.1, 0.15) is 5.56 Å².